The van der Waals surface area contributed by atoms with Crippen molar-refractivity contribution in [2.24, 2.45) is 0 Å². The molecule has 1 unspecified atom stereocenters. The van der Waals surface area contributed by atoms with Gasteiger partial charge in [0.1, 0.15) is 22.8 Å². The predicted molar refractivity (Wildman–Crippen MR) is 152 cm³/mol. The van der Waals surface area contributed by atoms with Crippen molar-refractivity contribution in [3.63, 3.8) is 0 Å². The number of halogens is 5. The second-order valence-corrected chi connectivity index (χ2v) is 11.0. The minimum Gasteiger partial charge on any atom is -0.726 e. The molecule has 0 saturated carbocycles. The fourth-order valence-electron chi connectivity index (χ4n) is 4.44. The molecule has 0 radical (unpaired) electrons. The van der Waals surface area contributed by atoms with E-state index in [4.69, 9.17) is 14.0 Å². The van der Waals surface area contributed by atoms with Crippen molar-refractivity contribution in [1.29, 1.82) is 0 Å². The molecule has 13 nitrogen and oxygen atoms in total. The van der Waals surface area contributed by atoms with Gasteiger partial charge in [-0.2, -0.15) is 18.3 Å². The van der Waals surface area contributed by atoms with Gasteiger partial charge >= 0.3 is 41.7 Å². The van der Waals surface area contributed by atoms with Crippen molar-refractivity contribution in [2.75, 3.05) is 19.8 Å². The summed E-state index contributed by atoms with van der Waals surface area (Å²) in [5.41, 5.74) is -1.85. The van der Waals surface area contributed by atoms with E-state index < -0.39 is 59.0 Å². The Morgan fingerprint density at radius 1 is 1.02 bits per heavy atom. The third kappa shape index (κ3) is 9.17. The Labute approximate surface area is 297 Å². The maximum atomic E-state index is 14.4. The molecule has 254 valence electrons. The van der Waals surface area contributed by atoms with Gasteiger partial charge in [0, 0.05) is 18.1 Å². The van der Waals surface area contributed by atoms with Crippen LogP contribution < -0.4 is 34.3 Å². The molecule has 0 aliphatic carbocycles. The minimum absolute atomic E-state index is 0. The van der Waals surface area contributed by atoms with Crippen LogP contribution in [0.1, 0.15) is 37.1 Å². The van der Waals surface area contributed by atoms with Gasteiger partial charge in [0.15, 0.2) is 23.2 Å². The average Bonchev–Trinajstić information content (AvgIpc) is 3.68. The maximum absolute atomic E-state index is 14.4. The van der Waals surface area contributed by atoms with Gasteiger partial charge in [0.2, 0.25) is 16.4 Å². The molecule has 0 spiro atoms. The molecule has 2 aromatic carbocycles. The Hall–Kier alpha value is -4.01. The number of carbonyl (C=O) groups is 1. The van der Waals surface area contributed by atoms with Crippen LogP contribution in [0.2, 0.25) is 0 Å². The summed E-state index contributed by atoms with van der Waals surface area (Å²) >= 11 is 0. The van der Waals surface area contributed by atoms with E-state index in [2.05, 4.69) is 24.4 Å². The number of ether oxygens (including phenoxy) is 2. The van der Waals surface area contributed by atoms with Gasteiger partial charge in [-0.1, -0.05) is 18.1 Å². The summed E-state index contributed by atoms with van der Waals surface area (Å²) in [6.45, 7) is 0.925. The van der Waals surface area contributed by atoms with Crippen LogP contribution >= 0.6 is 0 Å². The number of aromatic nitrogens is 5. The van der Waals surface area contributed by atoms with Crippen molar-refractivity contribution in [1.82, 2.24) is 24.9 Å². The summed E-state index contributed by atoms with van der Waals surface area (Å²) < 4.78 is 123. The Kier molecular flexibility index (Phi) is 12.1. The number of carbonyl (C=O) groups excluding carboxylic acids is 1. The van der Waals surface area contributed by atoms with Crippen LogP contribution in [0.3, 0.4) is 0 Å². The molecular weight excluding hydrogens is 696 g/mol. The zero-order valence-corrected chi connectivity index (χ0v) is 28.4. The summed E-state index contributed by atoms with van der Waals surface area (Å²) in [5, 5.41) is 7.87. The number of fused-ring (bicyclic) bond motifs is 1. The normalized spacial score (nSPS) is 12.5. The largest absolute Gasteiger partial charge is 1.00 e. The fraction of sp³-hybridized carbons (Fsp3) is 0.276. The first kappa shape index (κ1) is 37.8. The molecule has 1 aromatic heterocycles. The molecular formula is C29H23F5N5NaO8S. The molecule has 0 N–H and O–H groups in total. The summed E-state index contributed by atoms with van der Waals surface area (Å²) in [4.78, 5) is 21.7. The molecule has 20 heteroatoms. The summed E-state index contributed by atoms with van der Waals surface area (Å²) in [6, 6.07) is 6.12. The van der Waals surface area contributed by atoms with E-state index in [0.29, 0.717) is 6.42 Å². The minimum atomic E-state index is -4.99. The van der Waals surface area contributed by atoms with Gasteiger partial charge in [-0.3, -0.25) is 4.18 Å². The number of hydrogen-bond acceptors (Lipinski definition) is 12. The molecule has 3 aromatic rings. The molecule has 2 aliphatic rings. The van der Waals surface area contributed by atoms with Crippen molar-refractivity contribution >= 4 is 16.4 Å². The first-order valence-corrected chi connectivity index (χ1v) is 15.3. The molecule has 0 fully saturated rings. The molecule has 2 aliphatic heterocycles. The second-order valence-electron chi connectivity index (χ2n) is 9.99. The van der Waals surface area contributed by atoms with Gasteiger partial charge in [0.05, 0.1) is 43.3 Å². The molecule has 3 heterocycles. The Morgan fingerprint density at radius 3 is 2.49 bits per heavy atom. The number of imidazole rings is 1. The quantitative estimate of drug-likeness (QED) is 0.0435. The SMILES string of the molecule is CCCOc1ccc(-c2cc(C(C(=O)OCCCOS(=O)(=O)[O-])n3cc4nc(-c5cccc(F)c5F)nc-4cn3)on2)c(C(F)(F)F)c1.[Na+]. The monoisotopic (exact) mass is 719 g/mol. The van der Waals surface area contributed by atoms with Crippen molar-refractivity contribution in [3.05, 3.63) is 77.8 Å². The third-order valence-corrected chi connectivity index (χ3v) is 7.02. The Balaban J connectivity index is 0.00000541. The number of hydrogen-bond donors (Lipinski definition) is 0. The smallest absolute Gasteiger partial charge is 0.726 e. The number of nitrogens with zero attached hydrogens (tertiary/aromatic N) is 5. The van der Waals surface area contributed by atoms with Crippen LogP contribution in [-0.2, 0) is 30.3 Å². The summed E-state index contributed by atoms with van der Waals surface area (Å²) in [5.74, 6) is -3.96. The molecule has 0 bridgehead atoms. The first-order chi connectivity index (χ1) is 22.7. The van der Waals surface area contributed by atoms with Crippen LogP contribution in [0, 0.1) is 11.6 Å². The predicted octanol–water partition coefficient (Wildman–Crippen LogP) is 2.19. The van der Waals surface area contributed by atoms with Crippen molar-refractivity contribution in [2.45, 2.75) is 32.0 Å². The van der Waals surface area contributed by atoms with Gasteiger partial charge in [-0.15, -0.1) is 0 Å². The zero-order chi connectivity index (χ0) is 34.6. The number of esters is 1. The van der Waals surface area contributed by atoms with Crippen LogP contribution in [0.4, 0.5) is 22.0 Å². The topological polar surface area (TPSA) is 172 Å². The molecule has 0 saturated heterocycles. The molecule has 5 rings (SSSR count). The number of benzene rings is 2. The molecule has 1 atom stereocenters. The van der Waals surface area contributed by atoms with E-state index in [0.717, 1.165) is 35.1 Å². The van der Waals surface area contributed by atoms with Gasteiger partial charge in [0.25, 0.3) is 0 Å². The maximum Gasteiger partial charge on any atom is 1.00 e. The first-order valence-electron chi connectivity index (χ1n) is 14.0. The van der Waals surface area contributed by atoms with E-state index in [9.17, 15) is 39.7 Å². The van der Waals surface area contributed by atoms with E-state index in [1.807, 2.05) is 0 Å². The van der Waals surface area contributed by atoms with Gasteiger partial charge in [-0.25, -0.2) is 36.6 Å². The van der Waals surface area contributed by atoms with E-state index >= 15 is 0 Å². The summed E-state index contributed by atoms with van der Waals surface area (Å²) in [6.07, 6.45) is -2.16. The van der Waals surface area contributed by atoms with Crippen LogP contribution in [0.15, 0.2) is 59.4 Å². The van der Waals surface area contributed by atoms with Crippen LogP contribution in [0.25, 0.3) is 34.0 Å². The Morgan fingerprint density at radius 2 is 1.78 bits per heavy atom. The van der Waals surface area contributed by atoms with E-state index in [1.54, 1.807) is 6.92 Å². The van der Waals surface area contributed by atoms with E-state index in [-0.39, 0.29) is 88.1 Å². The standard InChI is InChI=1S/C29H24F5N5O8S.Na/c1-2-9-44-16-7-8-17(19(12-16)29(32,33)34)21-13-24(47-38-21)26(28(40)45-10-4-11-46-48(41,42)43)39-15-23-22(14-35-39)36-27(37-23)18-5-3-6-20(30)25(18)31;/h3,5-8,12-15,26H,2,4,9-11H2,1H3,(H,41,42,43);/q;+1/p-1. The van der Waals surface area contributed by atoms with Gasteiger partial charge in [-0.05, 0) is 36.8 Å². The van der Waals surface area contributed by atoms with E-state index in [1.165, 1.54) is 24.4 Å². The second kappa shape index (κ2) is 15.7. The number of rotatable bonds is 13. The zero-order valence-electron chi connectivity index (χ0n) is 25.6. The number of alkyl halides is 3. The average molecular weight is 720 g/mol. The van der Waals surface area contributed by atoms with Crippen LogP contribution in [0.5, 0.6) is 5.75 Å². The third-order valence-electron chi connectivity index (χ3n) is 6.57. The van der Waals surface area contributed by atoms with Crippen molar-refractivity contribution < 1.29 is 87.5 Å². The summed E-state index contributed by atoms with van der Waals surface area (Å²) in [7, 11) is -4.99. The van der Waals surface area contributed by atoms with Gasteiger partial charge < -0.3 is 18.5 Å². The molecule has 0 amide bonds. The fourth-order valence-corrected chi connectivity index (χ4v) is 4.76. The molecule has 49 heavy (non-hydrogen) atoms. The van der Waals surface area contributed by atoms with Crippen molar-refractivity contribution in [3.8, 4) is 39.8 Å². The Bertz CT molecular complexity index is 2010. The van der Waals surface area contributed by atoms with Crippen LogP contribution in [-0.4, -0.2) is 63.7 Å².